The van der Waals surface area contributed by atoms with Gasteiger partial charge in [0.2, 0.25) is 0 Å². The number of aromatic nitrogens is 2. The third-order valence-electron chi connectivity index (χ3n) is 4.19. The number of halogens is 3. The van der Waals surface area contributed by atoms with Crippen molar-refractivity contribution in [1.82, 2.24) is 15.3 Å². The van der Waals surface area contributed by atoms with Crippen LogP contribution in [-0.4, -0.2) is 61.2 Å². The Labute approximate surface area is 198 Å². The molecule has 3 atom stereocenters. The second-order valence-corrected chi connectivity index (χ2v) is 12.2. The maximum absolute atomic E-state index is 13.5. The molecule has 0 spiro atoms. The normalized spacial score (nSPS) is 16.1. The van der Waals surface area contributed by atoms with Crippen molar-refractivity contribution in [2.45, 2.75) is 83.7 Å². The van der Waals surface area contributed by atoms with Gasteiger partial charge in [0.25, 0.3) is 0 Å². The van der Waals surface area contributed by atoms with Crippen molar-refractivity contribution in [3.05, 3.63) is 24.3 Å². The third-order valence-corrected chi connectivity index (χ3v) is 5.98. The van der Waals surface area contributed by atoms with Crippen LogP contribution in [0.4, 0.5) is 18.0 Å². The molecule has 0 aliphatic rings. The molecule has 34 heavy (non-hydrogen) atoms. The first kappa shape index (κ1) is 29.6. The number of alkyl carbamates (subject to hydrolysis) is 1. The van der Waals surface area contributed by atoms with Crippen LogP contribution in [0.25, 0.3) is 0 Å². The molecular weight excluding hydrogens is 477 g/mol. The standard InChI is InChI=1S/C21H33F3N4O5S/c1-19(2,3)32-17(29)15(28-18(30)33-20(4,5)6)8-12-34(25,31)11-7-14(21(22,23)24)16-13-26-9-10-27-16/h9-10,13-15,25H,7-8,11-12H2,1-6H3,(H,28,30)/t14?,15-,34?/m0/s1. The number of carbonyl (C=O) groups excluding carboxylic acids is 2. The number of carbonyl (C=O) groups is 2. The smallest absolute Gasteiger partial charge is 0.408 e. The zero-order valence-corrected chi connectivity index (χ0v) is 21.0. The van der Waals surface area contributed by atoms with Crippen molar-refractivity contribution in [1.29, 1.82) is 4.78 Å². The molecule has 13 heteroatoms. The molecule has 0 aliphatic heterocycles. The minimum Gasteiger partial charge on any atom is -0.458 e. The monoisotopic (exact) mass is 510 g/mol. The molecule has 1 aromatic heterocycles. The van der Waals surface area contributed by atoms with E-state index in [1.165, 1.54) is 6.20 Å². The van der Waals surface area contributed by atoms with Crippen molar-refractivity contribution in [2.75, 3.05) is 11.5 Å². The van der Waals surface area contributed by atoms with Gasteiger partial charge in [-0.15, -0.1) is 0 Å². The molecule has 1 heterocycles. The number of ether oxygens (including phenoxy) is 2. The van der Waals surface area contributed by atoms with Crippen LogP contribution in [0.2, 0.25) is 0 Å². The first-order chi connectivity index (χ1) is 15.3. The molecule has 2 N–H and O–H groups in total. The van der Waals surface area contributed by atoms with Gasteiger partial charge in [0.05, 0.1) is 11.6 Å². The maximum atomic E-state index is 13.5. The average Bonchev–Trinajstić information content (AvgIpc) is 2.62. The lowest BCUT2D eigenvalue weighted by molar-refractivity contribution is -0.157. The van der Waals surface area contributed by atoms with Gasteiger partial charge >= 0.3 is 18.2 Å². The second-order valence-electron chi connectivity index (χ2n) is 9.75. The van der Waals surface area contributed by atoms with E-state index in [1.807, 2.05) is 0 Å². The van der Waals surface area contributed by atoms with Crippen LogP contribution in [0.5, 0.6) is 0 Å². The summed E-state index contributed by atoms with van der Waals surface area (Å²) in [5.41, 5.74) is -2.06. The highest BCUT2D eigenvalue weighted by Crippen LogP contribution is 2.36. The summed E-state index contributed by atoms with van der Waals surface area (Å²) < 4.78 is 71.7. The first-order valence-electron chi connectivity index (χ1n) is 10.6. The lowest BCUT2D eigenvalue weighted by Crippen LogP contribution is -2.46. The number of nitrogens with one attached hydrogen (secondary N) is 2. The number of hydrogen-bond acceptors (Lipinski definition) is 8. The molecule has 2 unspecified atom stereocenters. The molecule has 0 saturated heterocycles. The molecule has 0 fully saturated rings. The summed E-state index contributed by atoms with van der Waals surface area (Å²) in [5.74, 6) is -3.88. The quantitative estimate of drug-likeness (QED) is 0.476. The Kier molecular flexibility index (Phi) is 9.86. The van der Waals surface area contributed by atoms with E-state index in [2.05, 4.69) is 15.3 Å². The molecule has 194 valence electrons. The SMILES string of the molecule is CC(C)(C)OC(=O)N[C@@H](CCS(=N)(=O)CCC(c1cnccn1)C(F)(F)F)C(=O)OC(C)(C)C. The summed E-state index contributed by atoms with van der Waals surface area (Å²) in [7, 11) is -3.54. The Morgan fingerprint density at radius 2 is 1.59 bits per heavy atom. The Morgan fingerprint density at radius 3 is 2.06 bits per heavy atom. The number of rotatable bonds is 9. The minimum absolute atomic E-state index is 0.279. The van der Waals surface area contributed by atoms with Gasteiger partial charge in [-0.1, -0.05) is 0 Å². The van der Waals surface area contributed by atoms with Crippen molar-refractivity contribution in [2.24, 2.45) is 0 Å². The summed E-state index contributed by atoms with van der Waals surface area (Å²) in [6.07, 6.45) is -3.16. The molecule has 0 aliphatic carbocycles. The van der Waals surface area contributed by atoms with E-state index in [1.54, 1.807) is 41.5 Å². The molecule has 0 saturated carbocycles. The lowest BCUT2D eigenvalue weighted by Gasteiger charge is -2.26. The summed E-state index contributed by atoms with van der Waals surface area (Å²) in [4.78, 5) is 32.0. The molecule has 1 amide bonds. The van der Waals surface area contributed by atoms with Crippen molar-refractivity contribution in [3.8, 4) is 0 Å². The number of hydrogen-bond donors (Lipinski definition) is 2. The molecule has 0 bridgehead atoms. The third kappa shape index (κ3) is 11.6. The zero-order valence-electron chi connectivity index (χ0n) is 20.2. The highest BCUT2D eigenvalue weighted by molar-refractivity contribution is 7.92. The molecule has 1 rings (SSSR count). The van der Waals surface area contributed by atoms with E-state index in [-0.39, 0.29) is 12.1 Å². The first-order valence-corrected chi connectivity index (χ1v) is 12.5. The number of alkyl halides is 3. The van der Waals surface area contributed by atoms with E-state index < -0.39 is 69.1 Å². The van der Waals surface area contributed by atoms with Crippen molar-refractivity contribution >= 4 is 21.8 Å². The zero-order chi connectivity index (χ0) is 26.4. The van der Waals surface area contributed by atoms with Gasteiger partial charge in [-0.2, -0.15) is 13.2 Å². The van der Waals surface area contributed by atoms with Crippen LogP contribution in [0.1, 0.15) is 66.0 Å². The number of amides is 1. The van der Waals surface area contributed by atoms with E-state index in [0.29, 0.717) is 0 Å². The van der Waals surface area contributed by atoms with Gasteiger partial charge < -0.3 is 14.8 Å². The van der Waals surface area contributed by atoms with E-state index in [4.69, 9.17) is 14.3 Å². The summed E-state index contributed by atoms with van der Waals surface area (Å²) in [5, 5.41) is 2.34. The van der Waals surface area contributed by atoms with Crippen LogP contribution in [0.3, 0.4) is 0 Å². The van der Waals surface area contributed by atoms with Gasteiger partial charge in [0, 0.05) is 39.8 Å². The van der Waals surface area contributed by atoms with Crippen molar-refractivity contribution in [3.63, 3.8) is 0 Å². The Morgan fingerprint density at radius 1 is 1.03 bits per heavy atom. The summed E-state index contributed by atoms with van der Waals surface area (Å²) in [6.45, 7) is 9.73. The number of nitrogens with zero attached hydrogens (tertiary/aromatic N) is 2. The van der Waals surface area contributed by atoms with E-state index in [9.17, 15) is 27.0 Å². The van der Waals surface area contributed by atoms with Gasteiger partial charge in [-0.05, 0) is 54.4 Å². The Bertz CT molecular complexity index is 926. The van der Waals surface area contributed by atoms with Gasteiger partial charge in [0.1, 0.15) is 17.2 Å². The largest absolute Gasteiger partial charge is 0.458 e. The van der Waals surface area contributed by atoms with Gasteiger partial charge in [0.15, 0.2) is 0 Å². The van der Waals surface area contributed by atoms with Crippen molar-refractivity contribution < 1.29 is 36.4 Å². The predicted octanol–water partition coefficient (Wildman–Crippen LogP) is 4.18. The van der Waals surface area contributed by atoms with Gasteiger partial charge in [-0.3, -0.25) is 14.7 Å². The Balaban J connectivity index is 2.91. The fourth-order valence-electron chi connectivity index (χ4n) is 2.76. The fourth-order valence-corrected chi connectivity index (χ4v) is 4.20. The maximum Gasteiger partial charge on any atom is 0.408 e. The summed E-state index contributed by atoms with van der Waals surface area (Å²) >= 11 is 0. The predicted molar refractivity (Wildman–Crippen MR) is 120 cm³/mol. The molecule has 9 nitrogen and oxygen atoms in total. The fraction of sp³-hybridized carbons (Fsp3) is 0.714. The van der Waals surface area contributed by atoms with Gasteiger partial charge in [-0.25, -0.2) is 13.8 Å². The minimum atomic E-state index is -4.66. The molecule has 1 aromatic rings. The van der Waals surface area contributed by atoms with Crippen LogP contribution in [0.15, 0.2) is 18.6 Å². The van der Waals surface area contributed by atoms with E-state index >= 15 is 0 Å². The average molecular weight is 511 g/mol. The topological polar surface area (TPSA) is 131 Å². The summed E-state index contributed by atoms with van der Waals surface area (Å²) in [6, 6.07) is -1.29. The van der Waals surface area contributed by atoms with Crippen LogP contribution in [-0.2, 0) is 24.0 Å². The van der Waals surface area contributed by atoms with E-state index in [0.717, 1.165) is 12.4 Å². The highest BCUT2D eigenvalue weighted by atomic mass is 32.2. The lowest BCUT2D eigenvalue weighted by atomic mass is 10.0. The van der Waals surface area contributed by atoms with Crippen LogP contribution < -0.4 is 5.32 Å². The van der Waals surface area contributed by atoms with Crippen LogP contribution >= 0.6 is 0 Å². The highest BCUT2D eigenvalue weighted by Gasteiger charge is 2.42. The van der Waals surface area contributed by atoms with Crippen LogP contribution in [0, 0.1) is 4.78 Å². The Hall–Kier alpha value is -2.44. The number of esters is 1. The molecule has 0 radical (unpaired) electrons. The second kappa shape index (κ2) is 11.3. The molecule has 0 aromatic carbocycles. The molecular formula is C21H33F3N4O5S.